The molecule has 1 amide bonds. The minimum Gasteiger partial charge on any atom is -0.324 e. The summed E-state index contributed by atoms with van der Waals surface area (Å²) in [4.78, 5) is 20.5. The molecule has 7 heteroatoms. The molecule has 0 aliphatic rings. The fourth-order valence-corrected chi connectivity index (χ4v) is 2.24. The number of amides is 1. The zero-order valence-corrected chi connectivity index (χ0v) is 13.8. The van der Waals surface area contributed by atoms with Crippen LogP contribution < -0.4 is 10.6 Å². The van der Waals surface area contributed by atoms with E-state index in [9.17, 15) is 4.79 Å². The van der Waals surface area contributed by atoms with Gasteiger partial charge in [-0.05, 0) is 36.4 Å². The van der Waals surface area contributed by atoms with E-state index in [1.54, 1.807) is 36.4 Å². The number of hydrogen-bond donors (Lipinski definition) is 2. The molecule has 2 aromatic carbocycles. The summed E-state index contributed by atoms with van der Waals surface area (Å²) < 4.78 is 0. The van der Waals surface area contributed by atoms with Crippen LogP contribution in [-0.2, 0) is 0 Å². The van der Waals surface area contributed by atoms with Crippen molar-refractivity contribution in [1.29, 1.82) is 0 Å². The molecule has 3 aromatic rings. The number of hydrogen-bond acceptors (Lipinski definition) is 4. The van der Waals surface area contributed by atoms with E-state index in [0.717, 1.165) is 5.69 Å². The Morgan fingerprint density at radius 1 is 0.917 bits per heavy atom. The van der Waals surface area contributed by atoms with E-state index in [-0.39, 0.29) is 5.91 Å². The largest absolute Gasteiger partial charge is 0.324 e. The highest BCUT2D eigenvalue weighted by Crippen LogP contribution is 2.21. The third-order valence-corrected chi connectivity index (χ3v) is 3.72. The Morgan fingerprint density at radius 3 is 2.25 bits per heavy atom. The summed E-state index contributed by atoms with van der Waals surface area (Å²) in [6.07, 6.45) is 2.88. The van der Waals surface area contributed by atoms with E-state index in [2.05, 4.69) is 20.6 Å². The number of aromatic nitrogens is 2. The van der Waals surface area contributed by atoms with Crippen molar-refractivity contribution in [3.8, 4) is 0 Å². The normalized spacial score (nSPS) is 10.2. The molecule has 0 fully saturated rings. The molecule has 3 rings (SSSR count). The van der Waals surface area contributed by atoms with Crippen molar-refractivity contribution in [2.24, 2.45) is 0 Å². The van der Waals surface area contributed by atoms with Crippen LogP contribution in [0.2, 0.25) is 10.0 Å². The summed E-state index contributed by atoms with van der Waals surface area (Å²) in [6, 6.07) is 14.1. The predicted octanol–water partition coefficient (Wildman–Crippen LogP) is 4.78. The summed E-state index contributed by atoms with van der Waals surface area (Å²) >= 11 is 11.9. The maximum absolute atomic E-state index is 12.2. The smallest absolute Gasteiger partial charge is 0.258 e. The number of nitrogens with zero attached hydrogens (tertiary/aromatic N) is 2. The maximum atomic E-state index is 12.2. The summed E-state index contributed by atoms with van der Waals surface area (Å²) in [5, 5.41) is 6.85. The van der Waals surface area contributed by atoms with Crippen LogP contribution in [0.1, 0.15) is 10.4 Å². The third-order valence-electron chi connectivity index (χ3n) is 3.14. The second-order valence-corrected chi connectivity index (χ2v) is 5.70. The summed E-state index contributed by atoms with van der Waals surface area (Å²) in [5.74, 6) is 0.0489. The number of anilines is 3. The standard InChI is InChI=1S/C17H12Cl2N4O/c18-12-5-7-13(8-6-12)22-17-20-9-11(10-21-17)16(24)23-15-4-2-1-3-14(15)19/h1-10H,(H,23,24)(H,20,21,22). The molecule has 24 heavy (non-hydrogen) atoms. The van der Waals surface area contributed by atoms with Crippen LogP contribution in [0.25, 0.3) is 0 Å². The highest BCUT2D eigenvalue weighted by Gasteiger charge is 2.09. The number of rotatable bonds is 4. The maximum Gasteiger partial charge on any atom is 0.258 e. The first-order chi connectivity index (χ1) is 11.6. The molecular weight excluding hydrogens is 347 g/mol. The zero-order valence-electron chi connectivity index (χ0n) is 12.3. The second-order valence-electron chi connectivity index (χ2n) is 4.86. The molecule has 0 spiro atoms. The van der Waals surface area contributed by atoms with Gasteiger partial charge in [0.1, 0.15) is 0 Å². The van der Waals surface area contributed by atoms with Gasteiger partial charge in [0.05, 0.1) is 16.3 Å². The first-order valence-electron chi connectivity index (χ1n) is 7.02. The van der Waals surface area contributed by atoms with Crippen LogP contribution in [0, 0.1) is 0 Å². The van der Waals surface area contributed by atoms with Gasteiger partial charge >= 0.3 is 0 Å². The van der Waals surface area contributed by atoms with E-state index >= 15 is 0 Å². The van der Waals surface area contributed by atoms with Gasteiger partial charge in [0.25, 0.3) is 5.91 Å². The van der Waals surface area contributed by atoms with Gasteiger partial charge in [-0.15, -0.1) is 0 Å². The predicted molar refractivity (Wildman–Crippen MR) is 96.2 cm³/mol. The monoisotopic (exact) mass is 358 g/mol. The van der Waals surface area contributed by atoms with Gasteiger partial charge in [0, 0.05) is 23.1 Å². The van der Waals surface area contributed by atoms with E-state index in [1.165, 1.54) is 12.4 Å². The molecule has 0 saturated heterocycles. The minimum absolute atomic E-state index is 0.330. The van der Waals surface area contributed by atoms with Gasteiger partial charge in [-0.1, -0.05) is 35.3 Å². The number of halogens is 2. The lowest BCUT2D eigenvalue weighted by atomic mass is 10.3. The Hall–Kier alpha value is -2.63. The van der Waals surface area contributed by atoms with Crippen molar-refractivity contribution in [3.05, 3.63) is 76.5 Å². The van der Waals surface area contributed by atoms with E-state index in [0.29, 0.717) is 27.2 Å². The van der Waals surface area contributed by atoms with Gasteiger partial charge < -0.3 is 10.6 Å². The Morgan fingerprint density at radius 2 is 1.58 bits per heavy atom. The second kappa shape index (κ2) is 7.29. The van der Waals surface area contributed by atoms with Crippen LogP contribution >= 0.6 is 23.2 Å². The lowest BCUT2D eigenvalue weighted by Crippen LogP contribution is -2.13. The van der Waals surface area contributed by atoms with Crippen LogP contribution in [0.3, 0.4) is 0 Å². The topological polar surface area (TPSA) is 66.9 Å². The molecule has 0 saturated carbocycles. The Kier molecular flexibility index (Phi) is 4.93. The number of carbonyl (C=O) groups excluding carboxylic acids is 1. The highest BCUT2D eigenvalue weighted by molar-refractivity contribution is 6.33. The number of nitrogens with one attached hydrogen (secondary N) is 2. The fourth-order valence-electron chi connectivity index (χ4n) is 1.93. The molecule has 0 bridgehead atoms. The minimum atomic E-state index is -0.332. The molecule has 0 aliphatic carbocycles. The Bertz CT molecular complexity index is 851. The van der Waals surface area contributed by atoms with Crippen molar-refractivity contribution in [2.45, 2.75) is 0 Å². The molecule has 120 valence electrons. The van der Waals surface area contributed by atoms with Crippen molar-refractivity contribution in [3.63, 3.8) is 0 Å². The van der Waals surface area contributed by atoms with Gasteiger partial charge in [0.15, 0.2) is 0 Å². The number of carbonyl (C=O) groups is 1. The van der Waals surface area contributed by atoms with Gasteiger partial charge in [-0.3, -0.25) is 4.79 Å². The van der Waals surface area contributed by atoms with Crippen LogP contribution in [-0.4, -0.2) is 15.9 Å². The first-order valence-corrected chi connectivity index (χ1v) is 7.78. The Balaban J connectivity index is 1.68. The third kappa shape index (κ3) is 4.01. The molecule has 0 aliphatic heterocycles. The van der Waals surface area contributed by atoms with Crippen LogP contribution in [0.5, 0.6) is 0 Å². The van der Waals surface area contributed by atoms with Gasteiger partial charge in [0.2, 0.25) is 5.95 Å². The first kappa shape index (κ1) is 16.2. The molecule has 0 atom stereocenters. The average molecular weight is 359 g/mol. The van der Waals surface area contributed by atoms with Crippen molar-refractivity contribution >= 4 is 46.4 Å². The Labute approximate surface area is 148 Å². The lowest BCUT2D eigenvalue weighted by Gasteiger charge is -2.08. The SMILES string of the molecule is O=C(Nc1ccccc1Cl)c1cnc(Nc2ccc(Cl)cc2)nc1. The lowest BCUT2D eigenvalue weighted by molar-refractivity contribution is 0.102. The zero-order chi connectivity index (χ0) is 16.9. The summed E-state index contributed by atoms with van der Waals surface area (Å²) in [7, 11) is 0. The molecule has 1 aromatic heterocycles. The van der Waals surface area contributed by atoms with Gasteiger partial charge in [-0.25, -0.2) is 9.97 Å². The number of para-hydroxylation sites is 1. The average Bonchev–Trinajstić information content (AvgIpc) is 2.59. The molecule has 1 heterocycles. The van der Waals surface area contributed by atoms with Crippen LogP contribution in [0.15, 0.2) is 60.9 Å². The molecule has 0 unspecified atom stereocenters. The number of benzene rings is 2. The van der Waals surface area contributed by atoms with E-state index < -0.39 is 0 Å². The van der Waals surface area contributed by atoms with Gasteiger partial charge in [-0.2, -0.15) is 0 Å². The molecule has 2 N–H and O–H groups in total. The van der Waals surface area contributed by atoms with E-state index in [1.807, 2.05) is 12.1 Å². The molecule has 5 nitrogen and oxygen atoms in total. The molecule has 0 radical (unpaired) electrons. The summed E-state index contributed by atoms with van der Waals surface area (Å²) in [5.41, 5.74) is 1.66. The van der Waals surface area contributed by atoms with Crippen LogP contribution in [0.4, 0.5) is 17.3 Å². The van der Waals surface area contributed by atoms with E-state index in [4.69, 9.17) is 23.2 Å². The van der Waals surface area contributed by atoms with Crippen molar-refractivity contribution in [2.75, 3.05) is 10.6 Å². The quantitative estimate of drug-likeness (QED) is 0.704. The fraction of sp³-hybridized carbons (Fsp3) is 0. The summed E-state index contributed by atoms with van der Waals surface area (Å²) in [6.45, 7) is 0. The molecular formula is C17H12Cl2N4O. The highest BCUT2D eigenvalue weighted by atomic mass is 35.5. The van der Waals surface area contributed by atoms with Crippen molar-refractivity contribution in [1.82, 2.24) is 9.97 Å². The van der Waals surface area contributed by atoms with Crippen molar-refractivity contribution < 1.29 is 4.79 Å².